The first-order chi connectivity index (χ1) is 7.61. The summed E-state index contributed by atoms with van der Waals surface area (Å²) in [5, 5.41) is 6.90. The lowest BCUT2D eigenvalue weighted by Gasteiger charge is -2.15. The van der Waals surface area contributed by atoms with Gasteiger partial charge in [0.25, 0.3) is 0 Å². The first-order valence-electron chi connectivity index (χ1n) is 5.62. The summed E-state index contributed by atoms with van der Waals surface area (Å²) >= 11 is 0. The van der Waals surface area contributed by atoms with E-state index in [0.29, 0.717) is 6.54 Å². The molecule has 17 heavy (non-hydrogen) atoms. The van der Waals surface area contributed by atoms with Gasteiger partial charge in [-0.15, -0.1) is 12.4 Å². The third-order valence-corrected chi connectivity index (χ3v) is 2.44. The molecule has 0 unspecified atom stereocenters. The molecular formula is C11H21ClN4O. The highest BCUT2D eigenvalue weighted by Crippen LogP contribution is 1.97. The number of hydrogen-bond donors (Lipinski definition) is 2. The summed E-state index contributed by atoms with van der Waals surface area (Å²) in [4.78, 5) is 11.5. The fraction of sp³-hybridized carbons (Fsp3) is 0.636. The monoisotopic (exact) mass is 260 g/mol. The van der Waals surface area contributed by atoms with Crippen molar-refractivity contribution in [2.24, 2.45) is 11.7 Å². The van der Waals surface area contributed by atoms with E-state index in [1.807, 2.05) is 30.8 Å². The van der Waals surface area contributed by atoms with Gasteiger partial charge >= 0.3 is 0 Å². The number of nitrogens with one attached hydrogen (secondary N) is 1. The van der Waals surface area contributed by atoms with Gasteiger partial charge in [0.15, 0.2) is 0 Å². The third kappa shape index (κ3) is 5.70. The van der Waals surface area contributed by atoms with Crippen molar-refractivity contribution in [2.45, 2.75) is 32.9 Å². The second-order valence-electron chi connectivity index (χ2n) is 4.18. The fourth-order valence-electron chi connectivity index (χ4n) is 1.31. The molecule has 1 rings (SSSR count). The Bertz CT molecular complexity index is 313. The van der Waals surface area contributed by atoms with Crippen molar-refractivity contribution >= 4 is 18.3 Å². The van der Waals surface area contributed by atoms with Crippen LogP contribution in [0.15, 0.2) is 18.5 Å². The highest BCUT2D eigenvalue weighted by atomic mass is 35.5. The van der Waals surface area contributed by atoms with Crippen molar-refractivity contribution in [1.29, 1.82) is 0 Å². The van der Waals surface area contributed by atoms with E-state index in [1.165, 1.54) is 0 Å². The Morgan fingerprint density at radius 3 is 2.76 bits per heavy atom. The van der Waals surface area contributed by atoms with E-state index in [4.69, 9.17) is 5.73 Å². The zero-order valence-electron chi connectivity index (χ0n) is 10.3. The second-order valence-corrected chi connectivity index (χ2v) is 4.18. The Morgan fingerprint density at radius 2 is 2.24 bits per heavy atom. The van der Waals surface area contributed by atoms with Gasteiger partial charge in [0, 0.05) is 25.5 Å². The highest BCUT2D eigenvalue weighted by Gasteiger charge is 2.15. The molecule has 0 aliphatic heterocycles. The van der Waals surface area contributed by atoms with Gasteiger partial charge in [0.1, 0.15) is 0 Å². The lowest BCUT2D eigenvalue weighted by atomic mass is 10.1. The molecular weight excluding hydrogens is 240 g/mol. The van der Waals surface area contributed by atoms with Crippen LogP contribution in [0.1, 0.15) is 20.3 Å². The molecule has 0 aromatic carbocycles. The van der Waals surface area contributed by atoms with Gasteiger partial charge in [-0.05, 0) is 18.4 Å². The van der Waals surface area contributed by atoms with Crippen LogP contribution in [0.5, 0.6) is 0 Å². The van der Waals surface area contributed by atoms with E-state index in [0.717, 1.165) is 13.0 Å². The number of rotatable bonds is 6. The number of carbonyl (C=O) groups is 1. The minimum atomic E-state index is -0.412. The molecule has 98 valence electrons. The summed E-state index contributed by atoms with van der Waals surface area (Å²) in [6.45, 7) is 5.32. The van der Waals surface area contributed by atoms with Gasteiger partial charge in [-0.1, -0.05) is 13.8 Å². The fourth-order valence-corrected chi connectivity index (χ4v) is 1.31. The highest BCUT2D eigenvalue weighted by molar-refractivity contribution is 5.85. The van der Waals surface area contributed by atoms with Gasteiger partial charge in [0.2, 0.25) is 5.91 Å². The van der Waals surface area contributed by atoms with Crippen LogP contribution in [0.25, 0.3) is 0 Å². The Morgan fingerprint density at radius 1 is 1.53 bits per heavy atom. The smallest absolute Gasteiger partial charge is 0.237 e. The molecule has 0 aliphatic rings. The topological polar surface area (TPSA) is 72.9 Å². The maximum Gasteiger partial charge on any atom is 0.237 e. The standard InChI is InChI=1S/C11H20N4O.ClH/c1-9(2)10(12)11(16)13-5-3-7-15-8-4-6-14-15;/h4,6,8-10H,3,5,7,12H2,1-2H3,(H,13,16);1H/t10-;/m0./s1. The lowest BCUT2D eigenvalue weighted by Crippen LogP contribution is -2.44. The number of carbonyl (C=O) groups excluding carboxylic acids is 1. The predicted molar refractivity (Wildman–Crippen MR) is 69.9 cm³/mol. The normalized spacial score (nSPS) is 12.0. The molecule has 0 fully saturated rings. The lowest BCUT2D eigenvalue weighted by molar-refractivity contribution is -0.123. The van der Waals surface area contributed by atoms with Crippen molar-refractivity contribution < 1.29 is 4.79 Å². The molecule has 0 radical (unpaired) electrons. The van der Waals surface area contributed by atoms with Crippen LogP contribution in [0.2, 0.25) is 0 Å². The summed E-state index contributed by atoms with van der Waals surface area (Å²) in [5.41, 5.74) is 5.71. The number of nitrogens with two attached hydrogens (primary N) is 1. The van der Waals surface area contributed by atoms with Crippen LogP contribution in [0, 0.1) is 5.92 Å². The van der Waals surface area contributed by atoms with E-state index < -0.39 is 6.04 Å². The van der Waals surface area contributed by atoms with Crippen LogP contribution in [-0.4, -0.2) is 28.3 Å². The number of halogens is 1. The quantitative estimate of drug-likeness (QED) is 0.743. The van der Waals surface area contributed by atoms with Gasteiger partial charge in [-0.25, -0.2) is 0 Å². The van der Waals surface area contributed by atoms with Crippen molar-refractivity contribution in [3.63, 3.8) is 0 Å². The molecule has 1 heterocycles. The first-order valence-corrected chi connectivity index (χ1v) is 5.62. The zero-order valence-corrected chi connectivity index (χ0v) is 11.1. The number of aryl methyl sites for hydroxylation is 1. The van der Waals surface area contributed by atoms with Gasteiger partial charge in [-0.2, -0.15) is 5.10 Å². The number of aromatic nitrogens is 2. The Hall–Kier alpha value is -1.07. The van der Waals surface area contributed by atoms with E-state index in [1.54, 1.807) is 6.20 Å². The number of amides is 1. The molecule has 3 N–H and O–H groups in total. The molecule has 0 spiro atoms. The summed E-state index contributed by atoms with van der Waals surface area (Å²) < 4.78 is 1.84. The van der Waals surface area contributed by atoms with Gasteiger partial charge in [-0.3, -0.25) is 9.48 Å². The van der Waals surface area contributed by atoms with E-state index in [9.17, 15) is 4.79 Å². The molecule has 1 aromatic rings. The first kappa shape index (κ1) is 15.9. The predicted octanol–water partition coefficient (Wildman–Crippen LogP) is 0.794. The Balaban J connectivity index is 0.00000256. The van der Waals surface area contributed by atoms with Crippen molar-refractivity contribution in [2.75, 3.05) is 6.54 Å². The molecule has 1 aromatic heterocycles. The van der Waals surface area contributed by atoms with Gasteiger partial charge < -0.3 is 11.1 Å². The molecule has 0 saturated heterocycles. The summed E-state index contributed by atoms with van der Waals surface area (Å²) in [7, 11) is 0. The van der Waals surface area contributed by atoms with E-state index in [-0.39, 0.29) is 24.2 Å². The van der Waals surface area contributed by atoms with Crippen molar-refractivity contribution in [3.05, 3.63) is 18.5 Å². The van der Waals surface area contributed by atoms with Crippen molar-refractivity contribution in [1.82, 2.24) is 15.1 Å². The minimum Gasteiger partial charge on any atom is -0.355 e. The van der Waals surface area contributed by atoms with Crippen LogP contribution in [0.3, 0.4) is 0 Å². The van der Waals surface area contributed by atoms with Crippen LogP contribution in [-0.2, 0) is 11.3 Å². The molecule has 1 amide bonds. The second kappa shape index (κ2) is 8.08. The number of hydrogen-bond acceptors (Lipinski definition) is 3. The Labute approximate surface area is 108 Å². The SMILES string of the molecule is CC(C)[C@H](N)C(=O)NCCCn1cccn1.Cl. The molecule has 0 saturated carbocycles. The van der Waals surface area contributed by atoms with E-state index in [2.05, 4.69) is 10.4 Å². The molecule has 6 heteroatoms. The van der Waals surface area contributed by atoms with Crippen LogP contribution in [0.4, 0.5) is 0 Å². The molecule has 0 aliphatic carbocycles. The zero-order chi connectivity index (χ0) is 12.0. The maximum absolute atomic E-state index is 11.5. The summed E-state index contributed by atoms with van der Waals surface area (Å²) in [6, 6.07) is 1.47. The largest absolute Gasteiger partial charge is 0.355 e. The van der Waals surface area contributed by atoms with Gasteiger partial charge in [0.05, 0.1) is 6.04 Å². The average Bonchev–Trinajstić information content (AvgIpc) is 2.75. The minimum absolute atomic E-state index is 0. The van der Waals surface area contributed by atoms with E-state index >= 15 is 0 Å². The third-order valence-electron chi connectivity index (χ3n) is 2.44. The van der Waals surface area contributed by atoms with Crippen LogP contribution >= 0.6 is 12.4 Å². The maximum atomic E-state index is 11.5. The average molecular weight is 261 g/mol. The van der Waals surface area contributed by atoms with Crippen molar-refractivity contribution in [3.8, 4) is 0 Å². The molecule has 0 bridgehead atoms. The molecule has 1 atom stereocenters. The summed E-state index contributed by atoms with van der Waals surface area (Å²) in [6.07, 6.45) is 4.51. The molecule has 5 nitrogen and oxygen atoms in total. The Kier molecular flexibility index (Phi) is 7.58. The summed E-state index contributed by atoms with van der Waals surface area (Å²) in [5.74, 6) is 0.0987. The number of nitrogens with zero attached hydrogens (tertiary/aromatic N) is 2. The van der Waals surface area contributed by atoms with Crippen LogP contribution < -0.4 is 11.1 Å².